The van der Waals surface area contributed by atoms with Crippen LogP contribution in [0.1, 0.15) is 31.2 Å². The van der Waals surface area contributed by atoms with Gasteiger partial charge in [-0.3, -0.25) is 4.99 Å². The van der Waals surface area contributed by atoms with E-state index in [1.807, 2.05) is 19.2 Å². The lowest BCUT2D eigenvalue weighted by atomic mass is 10.1. The maximum absolute atomic E-state index is 5.87. The van der Waals surface area contributed by atoms with Crippen molar-refractivity contribution in [3.8, 4) is 0 Å². The number of hydrogen-bond acceptors (Lipinski definition) is 1. The van der Waals surface area contributed by atoms with E-state index >= 15 is 0 Å². The standard InChI is InChI=1S/C15H22ClN3.HI/c1-17-15(19-14-4-2-3-5-14)18-11-10-12-6-8-13(16)9-7-12;/h6-9,14H,2-5,10-11H2,1H3,(H2,17,18,19);1H. The van der Waals surface area contributed by atoms with Gasteiger partial charge in [0.1, 0.15) is 0 Å². The molecule has 0 atom stereocenters. The number of halogens is 2. The summed E-state index contributed by atoms with van der Waals surface area (Å²) in [6.45, 7) is 0.883. The van der Waals surface area contributed by atoms with E-state index in [9.17, 15) is 0 Å². The maximum Gasteiger partial charge on any atom is 0.191 e. The van der Waals surface area contributed by atoms with Gasteiger partial charge in [0.05, 0.1) is 0 Å². The molecule has 1 saturated carbocycles. The number of nitrogens with zero attached hydrogens (tertiary/aromatic N) is 1. The topological polar surface area (TPSA) is 36.4 Å². The largest absolute Gasteiger partial charge is 0.356 e. The Morgan fingerprint density at radius 3 is 2.50 bits per heavy atom. The molecule has 1 aliphatic rings. The van der Waals surface area contributed by atoms with Crippen LogP contribution in [0.25, 0.3) is 0 Å². The van der Waals surface area contributed by atoms with Crippen LogP contribution in [0.4, 0.5) is 0 Å². The zero-order valence-electron chi connectivity index (χ0n) is 11.9. The quantitative estimate of drug-likeness (QED) is 0.454. The van der Waals surface area contributed by atoms with Gasteiger partial charge in [-0.05, 0) is 37.0 Å². The van der Waals surface area contributed by atoms with E-state index < -0.39 is 0 Å². The third kappa shape index (κ3) is 5.87. The molecule has 1 aromatic carbocycles. The smallest absolute Gasteiger partial charge is 0.191 e. The first kappa shape index (κ1) is 17.6. The predicted octanol–water partition coefficient (Wildman–Crippen LogP) is 3.61. The van der Waals surface area contributed by atoms with Crippen LogP contribution in [0.2, 0.25) is 5.02 Å². The second-order valence-electron chi connectivity index (χ2n) is 5.00. The summed E-state index contributed by atoms with van der Waals surface area (Å²) in [6, 6.07) is 8.60. The summed E-state index contributed by atoms with van der Waals surface area (Å²) in [5.74, 6) is 0.917. The minimum Gasteiger partial charge on any atom is -0.356 e. The molecule has 20 heavy (non-hydrogen) atoms. The molecule has 5 heteroatoms. The number of rotatable bonds is 4. The first-order chi connectivity index (χ1) is 9.28. The van der Waals surface area contributed by atoms with Crippen LogP contribution < -0.4 is 10.6 Å². The third-order valence-electron chi connectivity index (χ3n) is 3.54. The van der Waals surface area contributed by atoms with Crippen LogP contribution in [0.15, 0.2) is 29.3 Å². The molecule has 3 nitrogen and oxygen atoms in total. The van der Waals surface area contributed by atoms with Gasteiger partial charge in [-0.1, -0.05) is 36.6 Å². The third-order valence-corrected chi connectivity index (χ3v) is 3.79. The number of benzene rings is 1. The number of aliphatic imine (C=N–C) groups is 1. The van der Waals surface area contributed by atoms with Crippen LogP contribution in [0.5, 0.6) is 0 Å². The van der Waals surface area contributed by atoms with Gasteiger partial charge in [0.25, 0.3) is 0 Å². The second kappa shape index (κ2) is 9.45. The Morgan fingerprint density at radius 1 is 1.25 bits per heavy atom. The molecular weight excluding hydrogens is 385 g/mol. The molecule has 0 unspecified atom stereocenters. The van der Waals surface area contributed by atoms with Gasteiger partial charge in [0.2, 0.25) is 0 Å². The molecule has 0 saturated heterocycles. The molecule has 2 N–H and O–H groups in total. The first-order valence-corrected chi connectivity index (χ1v) is 7.37. The van der Waals surface area contributed by atoms with Crippen molar-refractivity contribution < 1.29 is 0 Å². The molecule has 0 radical (unpaired) electrons. The first-order valence-electron chi connectivity index (χ1n) is 6.99. The van der Waals surface area contributed by atoms with Crippen molar-refractivity contribution in [2.45, 2.75) is 38.1 Å². The van der Waals surface area contributed by atoms with E-state index in [0.717, 1.165) is 23.9 Å². The van der Waals surface area contributed by atoms with E-state index in [4.69, 9.17) is 11.6 Å². The van der Waals surface area contributed by atoms with Crippen LogP contribution >= 0.6 is 35.6 Å². The highest BCUT2D eigenvalue weighted by Crippen LogP contribution is 2.17. The summed E-state index contributed by atoms with van der Waals surface area (Å²) in [6.07, 6.45) is 6.16. The van der Waals surface area contributed by atoms with Crippen molar-refractivity contribution >= 4 is 41.5 Å². The lowest BCUT2D eigenvalue weighted by Gasteiger charge is -2.16. The van der Waals surface area contributed by atoms with Crippen LogP contribution in [0.3, 0.4) is 0 Å². The monoisotopic (exact) mass is 407 g/mol. The van der Waals surface area contributed by atoms with E-state index in [1.165, 1.54) is 31.2 Å². The number of hydrogen-bond donors (Lipinski definition) is 2. The van der Waals surface area contributed by atoms with Crippen molar-refractivity contribution in [3.63, 3.8) is 0 Å². The van der Waals surface area contributed by atoms with Crippen molar-refractivity contribution in [2.75, 3.05) is 13.6 Å². The molecule has 1 fully saturated rings. The lowest BCUT2D eigenvalue weighted by molar-refractivity contribution is 0.613. The zero-order chi connectivity index (χ0) is 13.5. The molecular formula is C15H23ClIN3. The Kier molecular flexibility index (Phi) is 8.30. The fraction of sp³-hybridized carbons (Fsp3) is 0.533. The van der Waals surface area contributed by atoms with Gasteiger partial charge < -0.3 is 10.6 Å². The number of guanidine groups is 1. The Labute approximate surface area is 143 Å². The lowest BCUT2D eigenvalue weighted by Crippen LogP contribution is -2.42. The zero-order valence-corrected chi connectivity index (χ0v) is 14.9. The van der Waals surface area contributed by atoms with Gasteiger partial charge in [-0.25, -0.2) is 0 Å². The minimum atomic E-state index is 0. The highest BCUT2D eigenvalue weighted by atomic mass is 127. The van der Waals surface area contributed by atoms with Crippen molar-refractivity contribution in [1.29, 1.82) is 0 Å². The van der Waals surface area contributed by atoms with Gasteiger partial charge in [0, 0.05) is 24.7 Å². The fourth-order valence-electron chi connectivity index (χ4n) is 2.43. The van der Waals surface area contributed by atoms with Crippen molar-refractivity contribution in [1.82, 2.24) is 10.6 Å². The average Bonchev–Trinajstić information content (AvgIpc) is 2.93. The number of nitrogens with one attached hydrogen (secondary N) is 2. The van der Waals surface area contributed by atoms with Gasteiger partial charge >= 0.3 is 0 Å². The van der Waals surface area contributed by atoms with E-state index in [-0.39, 0.29) is 24.0 Å². The average molecular weight is 408 g/mol. The molecule has 0 amide bonds. The van der Waals surface area contributed by atoms with Gasteiger partial charge in [-0.15, -0.1) is 24.0 Å². The molecule has 1 aromatic rings. The maximum atomic E-state index is 5.87. The van der Waals surface area contributed by atoms with E-state index in [2.05, 4.69) is 27.8 Å². The van der Waals surface area contributed by atoms with Gasteiger partial charge in [0.15, 0.2) is 5.96 Å². The normalized spacial score (nSPS) is 15.8. The summed E-state index contributed by atoms with van der Waals surface area (Å²) in [5.41, 5.74) is 1.29. The van der Waals surface area contributed by atoms with Crippen LogP contribution in [-0.4, -0.2) is 25.6 Å². The summed E-state index contributed by atoms with van der Waals surface area (Å²) in [4.78, 5) is 4.27. The SMILES string of the molecule is CN=C(NCCc1ccc(Cl)cc1)NC1CCCC1.I. The molecule has 2 rings (SSSR count). The van der Waals surface area contributed by atoms with Crippen molar-refractivity contribution in [3.05, 3.63) is 34.9 Å². The summed E-state index contributed by atoms with van der Waals surface area (Å²) >= 11 is 5.87. The molecule has 0 heterocycles. The Bertz CT molecular complexity index is 414. The highest BCUT2D eigenvalue weighted by molar-refractivity contribution is 14.0. The minimum absolute atomic E-state index is 0. The van der Waals surface area contributed by atoms with Gasteiger partial charge in [-0.2, -0.15) is 0 Å². The van der Waals surface area contributed by atoms with Crippen molar-refractivity contribution in [2.24, 2.45) is 4.99 Å². The van der Waals surface area contributed by atoms with Crippen LogP contribution in [0, 0.1) is 0 Å². The second-order valence-corrected chi connectivity index (χ2v) is 5.44. The van der Waals surface area contributed by atoms with E-state index in [0.29, 0.717) is 6.04 Å². The Morgan fingerprint density at radius 2 is 1.90 bits per heavy atom. The summed E-state index contributed by atoms with van der Waals surface area (Å²) < 4.78 is 0. The molecule has 112 valence electrons. The molecule has 0 aromatic heterocycles. The van der Waals surface area contributed by atoms with E-state index in [1.54, 1.807) is 0 Å². The Balaban J connectivity index is 0.00000200. The Hall–Kier alpha value is -0.490. The highest BCUT2D eigenvalue weighted by Gasteiger charge is 2.15. The summed E-state index contributed by atoms with van der Waals surface area (Å²) in [7, 11) is 1.83. The molecule has 0 spiro atoms. The molecule has 1 aliphatic carbocycles. The predicted molar refractivity (Wildman–Crippen MR) is 97.3 cm³/mol. The summed E-state index contributed by atoms with van der Waals surface area (Å²) in [5, 5.41) is 7.63. The molecule has 0 aliphatic heterocycles. The fourth-order valence-corrected chi connectivity index (χ4v) is 2.56. The van der Waals surface area contributed by atoms with Crippen LogP contribution in [-0.2, 0) is 6.42 Å². The molecule has 0 bridgehead atoms.